The lowest BCUT2D eigenvalue weighted by Gasteiger charge is -2.42. The van der Waals surface area contributed by atoms with Gasteiger partial charge in [0, 0.05) is 0 Å². The minimum absolute atomic E-state index is 0.169. The monoisotopic (exact) mass is 559 g/mol. The van der Waals surface area contributed by atoms with Gasteiger partial charge in [-0.05, 0) is 23.4 Å². The maximum atomic E-state index is 14.7. The highest BCUT2D eigenvalue weighted by atomic mass is 31.1. The van der Waals surface area contributed by atoms with E-state index in [1.54, 1.807) is 6.92 Å². The van der Waals surface area contributed by atoms with Gasteiger partial charge < -0.3 is 0 Å². The first-order valence-corrected chi connectivity index (χ1v) is 12.9. The number of allylic oxidation sites excluding steroid dienone is 2. The molecule has 0 heterocycles. The summed E-state index contributed by atoms with van der Waals surface area (Å²) < 4.78 is 142. The van der Waals surface area contributed by atoms with Gasteiger partial charge in [0.25, 0.3) is 0 Å². The van der Waals surface area contributed by atoms with E-state index in [0.717, 1.165) is 0 Å². The third-order valence-corrected chi connectivity index (χ3v) is 10.3. The molecule has 2 aromatic rings. The highest BCUT2D eigenvalue weighted by Crippen LogP contribution is 2.59. The van der Waals surface area contributed by atoms with Gasteiger partial charge in [0.05, 0.1) is 6.71 Å². The molecule has 0 bridgehead atoms. The molecule has 0 nitrogen and oxygen atoms in total. The summed E-state index contributed by atoms with van der Waals surface area (Å²) in [5, 5.41) is -0.338. The van der Waals surface area contributed by atoms with Crippen molar-refractivity contribution in [2.75, 3.05) is 6.16 Å². The lowest BCUT2D eigenvalue weighted by molar-refractivity contribution is 0.382. The quantitative estimate of drug-likeness (QED) is 0.0862. The number of hydrogen-bond acceptors (Lipinski definition) is 0. The van der Waals surface area contributed by atoms with Crippen molar-refractivity contribution in [1.29, 1.82) is 0 Å². The fourth-order valence-corrected chi connectivity index (χ4v) is 8.29. The van der Waals surface area contributed by atoms with E-state index in [1.807, 2.05) is 41.5 Å². The Morgan fingerprint density at radius 2 is 0.838 bits per heavy atom. The van der Waals surface area contributed by atoms with Crippen molar-refractivity contribution in [3.8, 4) is 0 Å². The minimum Gasteiger partial charge on any atom is -0.207 e. The molecule has 0 N–H and O–H groups in total. The fourth-order valence-electron chi connectivity index (χ4n) is 4.70. The van der Waals surface area contributed by atoms with Gasteiger partial charge in [-0.3, -0.25) is 0 Å². The summed E-state index contributed by atoms with van der Waals surface area (Å²) in [6.07, 6.45) is 1.02. The van der Waals surface area contributed by atoms with Crippen LogP contribution in [0.1, 0.15) is 48.5 Å². The maximum absolute atomic E-state index is 14.7. The zero-order chi connectivity index (χ0) is 28.8. The van der Waals surface area contributed by atoms with E-state index in [0.29, 0.717) is 11.7 Å². The number of rotatable bonds is 6. The molecule has 0 radical (unpaired) electrons. The highest BCUT2D eigenvalue weighted by molar-refractivity contribution is 7.61. The van der Waals surface area contributed by atoms with Crippen LogP contribution in [0.4, 0.5) is 43.9 Å². The second kappa shape index (κ2) is 11.0. The molecule has 0 amide bonds. The van der Waals surface area contributed by atoms with E-state index in [1.165, 1.54) is 6.08 Å². The molecule has 2 rings (SSSR count). The molecule has 0 saturated heterocycles. The molecule has 2 aromatic carbocycles. The van der Waals surface area contributed by atoms with Crippen LogP contribution in [-0.4, -0.2) is 23.2 Å². The Morgan fingerprint density at radius 1 is 0.568 bits per heavy atom. The van der Waals surface area contributed by atoms with Crippen molar-refractivity contribution in [1.82, 2.24) is 0 Å². The van der Waals surface area contributed by atoms with Crippen LogP contribution < -0.4 is 10.9 Å². The molecule has 0 unspecified atom stereocenters. The molecule has 0 aromatic heterocycles. The fraction of sp³-hybridized carbons (Fsp3) is 0.440. The van der Waals surface area contributed by atoms with Gasteiger partial charge in [-0.2, -0.15) is 6.32 Å². The minimum atomic E-state index is -3.55. The summed E-state index contributed by atoms with van der Waals surface area (Å²) in [4.78, 5) is 0. The Morgan fingerprint density at radius 3 is 1.11 bits per heavy atom. The molecule has 12 heteroatoms. The molecule has 0 spiro atoms. The van der Waals surface area contributed by atoms with Gasteiger partial charge in [-0.25, -0.2) is 43.9 Å². The van der Waals surface area contributed by atoms with Crippen LogP contribution in [0.3, 0.4) is 0 Å². The van der Waals surface area contributed by atoms with Crippen molar-refractivity contribution < 1.29 is 43.9 Å². The van der Waals surface area contributed by atoms with Crippen molar-refractivity contribution in [2.24, 2.45) is 0 Å². The largest absolute Gasteiger partial charge is 0.207 e. The maximum Gasteiger partial charge on any atom is 0.200 e. The van der Waals surface area contributed by atoms with Gasteiger partial charge in [-0.1, -0.05) is 55.0 Å². The average molecular weight is 559 g/mol. The molecule has 206 valence electrons. The first kappa shape index (κ1) is 31.2. The zero-order valence-electron chi connectivity index (χ0n) is 21.4. The van der Waals surface area contributed by atoms with Gasteiger partial charge >= 0.3 is 0 Å². The summed E-state index contributed by atoms with van der Waals surface area (Å²) in [6, 6.07) is 0. The molecule has 0 aliphatic rings. The Bertz CT molecular complexity index is 1090. The molecular weight excluding hydrogens is 532 g/mol. The molecule has 0 aliphatic heterocycles. The van der Waals surface area contributed by atoms with E-state index >= 15 is 0 Å². The summed E-state index contributed by atoms with van der Waals surface area (Å²) in [6.45, 7) is 10.1. The van der Waals surface area contributed by atoms with E-state index in [-0.39, 0.29) is 10.3 Å². The Kier molecular flexibility index (Phi) is 9.27. The normalized spacial score (nSPS) is 13.3. The van der Waals surface area contributed by atoms with Crippen LogP contribution >= 0.6 is 7.92 Å². The third kappa shape index (κ3) is 6.18. The van der Waals surface area contributed by atoms with Crippen LogP contribution in [0.5, 0.6) is 0 Å². The predicted molar refractivity (Wildman–Crippen MR) is 129 cm³/mol. The number of benzene rings is 2. The molecule has 0 atom stereocenters. The second-order valence-corrected chi connectivity index (χ2v) is 14.9. The smallest absolute Gasteiger partial charge is 0.200 e. The third-order valence-electron chi connectivity index (χ3n) is 6.26. The first-order valence-electron chi connectivity index (χ1n) is 11.4. The summed E-state index contributed by atoms with van der Waals surface area (Å²) >= 11 is 0. The number of halogens is 10. The van der Waals surface area contributed by atoms with Gasteiger partial charge in [0.15, 0.2) is 34.9 Å². The summed E-state index contributed by atoms with van der Waals surface area (Å²) in [5.74, 6) is -24.1. The van der Waals surface area contributed by atoms with E-state index < -0.39 is 90.1 Å². The van der Waals surface area contributed by atoms with Crippen molar-refractivity contribution >= 4 is 25.6 Å². The second-order valence-electron chi connectivity index (χ2n) is 11.0. The Balaban J connectivity index is 2.79. The average Bonchev–Trinajstić information content (AvgIpc) is 2.79. The molecular formula is C25H27BF10P-. The van der Waals surface area contributed by atoms with Crippen LogP contribution in [0.15, 0.2) is 11.6 Å². The highest BCUT2D eigenvalue weighted by Gasteiger charge is 2.35. The van der Waals surface area contributed by atoms with E-state index in [2.05, 4.69) is 0 Å². The Hall–Kier alpha value is -2.03. The van der Waals surface area contributed by atoms with Crippen molar-refractivity contribution in [3.05, 3.63) is 69.8 Å². The van der Waals surface area contributed by atoms with Crippen molar-refractivity contribution in [3.63, 3.8) is 0 Å². The van der Waals surface area contributed by atoms with Gasteiger partial charge in [-0.15, -0.1) is 17.0 Å². The zero-order valence-corrected chi connectivity index (χ0v) is 22.3. The molecule has 37 heavy (non-hydrogen) atoms. The molecule has 0 saturated carbocycles. The van der Waals surface area contributed by atoms with E-state index in [9.17, 15) is 43.9 Å². The van der Waals surface area contributed by atoms with Crippen LogP contribution in [-0.2, 0) is 0 Å². The van der Waals surface area contributed by atoms with Crippen molar-refractivity contribution in [2.45, 2.75) is 65.1 Å². The lowest BCUT2D eigenvalue weighted by atomic mass is 9.38. The van der Waals surface area contributed by atoms with Crippen LogP contribution in [0.2, 0.25) is 6.32 Å². The summed E-state index contributed by atoms with van der Waals surface area (Å²) in [5.41, 5.74) is -2.66. The van der Waals surface area contributed by atoms with Crippen LogP contribution in [0, 0.1) is 58.2 Å². The lowest BCUT2D eigenvalue weighted by Crippen LogP contribution is -2.50. The SMILES string of the molecule is C/C(=C/C[BH-](c1c(F)c(F)c(F)c(F)c1F)c1c(F)c(F)c(F)c(F)c1F)CP(C(C)(C)C)C(C)(C)C. The van der Waals surface area contributed by atoms with Gasteiger partial charge in [0.1, 0.15) is 23.3 Å². The Labute approximate surface area is 211 Å². The molecule has 0 fully saturated rings. The summed E-state index contributed by atoms with van der Waals surface area (Å²) in [7, 11) is -0.770. The van der Waals surface area contributed by atoms with Gasteiger partial charge in [0.2, 0.25) is 0 Å². The molecule has 0 aliphatic carbocycles. The standard InChI is InChI=1S/C25H27BF10P/c1-11(10-37(24(2,3)4)25(5,6)7)8-9-26(12-14(27)18(31)22(35)19(32)15(12)28)13-16(29)20(33)23(36)21(34)17(13)30/h8,26H,9-10H2,1-7H3/q-1/b11-8-. The number of hydrogen-bond donors (Lipinski definition) is 0. The topological polar surface area (TPSA) is 0 Å². The predicted octanol–water partition coefficient (Wildman–Crippen LogP) is 7.44. The first-order chi connectivity index (χ1) is 16.7. The van der Waals surface area contributed by atoms with Crippen LogP contribution in [0.25, 0.3) is 0 Å². The van der Waals surface area contributed by atoms with E-state index in [4.69, 9.17) is 0 Å².